The quantitative estimate of drug-likeness (QED) is 0.466. The van der Waals surface area contributed by atoms with Crippen LogP contribution in [0, 0.1) is 0 Å². The number of carboxylic acid groups (broad SMARTS) is 1. The summed E-state index contributed by atoms with van der Waals surface area (Å²) in [4.78, 5) is 10.8. The zero-order valence-corrected chi connectivity index (χ0v) is 19.1. The Bertz CT molecular complexity index is 1260. The van der Waals surface area contributed by atoms with Crippen molar-refractivity contribution in [1.29, 1.82) is 0 Å². The Kier molecular flexibility index (Phi) is 6.88. The first-order valence-corrected chi connectivity index (χ1v) is 12.2. The number of hydrogen-bond acceptors (Lipinski definition) is 5. The summed E-state index contributed by atoms with van der Waals surface area (Å²) in [6, 6.07) is 18.3. The van der Waals surface area contributed by atoms with Crippen LogP contribution in [0.25, 0.3) is 0 Å². The van der Waals surface area contributed by atoms with Gasteiger partial charge in [-0.25, -0.2) is 17.9 Å². The van der Waals surface area contributed by atoms with Gasteiger partial charge in [-0.2, -0.15) is 0 Å². The Hall–Kier alpha value is -3.07. The largest absolute Gasteiger partial charge is 0.482 e. The van der Waals surface area contributed by atoms with Gasteiger partial charge in [0.1, 0.15) is 22.1 Å². The normalized spacial score (nSPS) is 15.5. The minimum Gasteiger partial charge on any atom is -0.482 e. The molecule has 0 spiro atoms. The summed E-state index contributed by atoms with van der Waals surface area (Å²) < 4.78 is 40.2. The minimum atomic E-state index is -3.93. The van der Waals surface area contributed by atoms with Crippen molar-refractivity contribution in [1.82, 2.24) is 4.72 Å². The van der Waals surface area contributed by atoms with E-state index in [0.717, 1.165) is 17.5 Å². The molecule has 3 aromatic carbocycles. The molecule has 9 heteroatoms. The molecule has 7 nitrogen and oxygen atoms in total. The molecule has 4 rings (SSSR count). The van der Waals surface area contributed by atoms with E-state index in [-0.39, 0.29) is 9.92 Å². The van der Waals surface area contributed by atoms with Gasteiger partial charge in [0.25, 0.3) is 0 Å². The maximum absolute atomic E-state index is 13.2. The maximum atomic E-state index is 13.2. The molecule has 33 heavy (non-hydrogen) atoms. The predicted molar refractivity (Wildman–Crippen MR) is 124 cm³/mol. The lowest BCUT2D eigenvalue weighted by Gasteiger charge is -2.27. The summed E-state index contributed by atoms with van der Waals surface area (Å²) in [6.07, 6.45) is 2.00. The molecule has 0 aliphatic heterocycles. The van der Waals surface area contributed by atoms with Crippen molar-refractivity contribution in [3.63, 3.8) is 0 Å². The molecule has 0 fully saturated rings. The van der Waals surface area contributed by atoms with Crippen molar-refractivity contribution >= 4 is 27.6 Å². The van der Waals surface area contributed by atoms with Crippen molar-refractivity contribution in [2.45, 2.75) is 30.2 Å². The van der Waals surface area contributed by atoms with Crippen LogP contribution in [0.15, 0.2) is 71.6 Å². The number of benzene rings is 3. The van der Waals surface area contributed by atoms with E-state index >= 15 is 0 Å². The third-order valence-corrected chi connectivity index (χ3v) is 7.24. The zero-order valence-electron chi connectivity index (χ0n) is 17.5. The smallest absolute Gasteiger partial charge is 0.341 e. The average Bonchev–Trinajstić information content (AvgIpc) is 2.78. The van der Waals surface area contributed by atoms with Crippen molar-refractivity contribution in [3.05, 3.63) is 82.9 Å². The van der Waals surface area contributed by atoms with Crippen LogP contribution >= 0.6 is 11.6 Å². The number of aliphatic carboxylic acids is 1. The number of nitrogens with one attached hydrogen (secondary N) is 1. The predicted octanol–water partition coefficient (Wildman–Crippen LogP) is 4.95. The lowest BCUT2D eigenvalue weighted by molar-refractivity contribution is -0.139. The molecule has 1 aliphatic carbocycles. The molecule has 1 aliphatic rings. The molecule has 0 bridgehead atoms. The van der Waals surface area contributed by atoms with E-state index in [2.05, 4.69) is 4.72 Å². The first-order valence-electron chi connectivity index (χ1n) is 10.3. The highest BCUT2D eigenvalue weighted by Crippen LogP contribution is 2.37. The SMILES string of the molecule is O=C(O)COc1cccc2c1CCCC2NS(=O)(=O)c1ccc(Oc2ccccc2)cc1Cl. The van der Waals surface area contributed by atoms with Crippen LogP contribution in [0.2, 0.25) is 5.02 Å². The highest BCUT2D eigenvalue weighted by molar-refractivity contribution is 7.89. The molecule has 0 heterocycles. The fourth-order valence-corrected chi connectivity index (χ4v) is 5.64. The van der Waals surface area contributed by atoms with Crippen LogP contribution in [0.5, 0.6) is 17.2 Å². The number of para-hydroxylation sites is 1. The van der Waals surface area contributed by atoms with E-state index in [1.807, 2.05) is 24.3 Å². The van der Waals surface area contributed by atoms with E-state index in [4.69, 9.17) is 26.2 Å². The van der Waals surface area contributed by atoms with Gasteiger partial charge in [-0.15, -0.1) is 0 Å². The van der Waals surface area contributed by atoms with Crippen LogP contribution in [0.3, 0.4) is 0 Å². The molecule has 0 radical (unpaired) electrons. The van der Waals surface area contributed by atoms with Gasteiger partial charge in [-0.3, -0.25) is 0 Å². The Labute approximate surface area is 197 Å². The van der Waals surface area contributed by atoms with Crippen molar-refractivity contribution in [2.75, 3.05) is 6.61 Å². The highest BCUT2D eigenvalue weighted by atomic mass is 35.5. The number of rotatable bonds is 8. The Balaban J connectivity index is 1.55. The second-order valence-corrected chi connectivity index (χ2v) is 9.67. The zero-order chi connectivity index (χ0) is 23.4. The van der Waals surface area contributed by atoms with Gasteiger partial charge >= 0.3 is 5.97 Å². The van der Waals surface area contributed by atoms with Crippen LogP contribution in [-0.2, 0) is 21.2 Å². The second kappa shape index (κ2) is 9.82. The number of carbonyl (C=O) groups is 1. The second-order valence-electron chi connectivity index (χ2n) is 7.58. The van der Waals surface area contributed by atoms with Crippen LogP contribution < -0.4 is 14.2 Å². The van der Waals surface area contributed by atoms with Gasteiger partial charge in [0.05, 0.1) is 5.02 Å². The third-order valence-electron chi connectivity index (χ3n) is 5.28. The summed E-state index contributed by atoms with van der Waals surface area (Å²) in [7, 11) is -3.93. The van der Waals surface area contributed by atoms with Gasteiger partial charge in [0.15, 0.2) is 6.61 Å². The Morgan fingerprint density at radius 2 is 1.85 bits per heavy atom. The number of carboxylic acids is 1. The molecule has 172 valence electrons. The van der Waals surface area contributed by atoms with Gasteiger partial charge in [-0.05, 0) is 60.7 Å². The van der Waals surface area contributed by atoms with Gasteiger partial charge in [0, 0.05) is 12.1 Å². The van der Waals surface area contributed by atoms with E-state index in [1.54, 1.807) is 30.3 Å². The minimum absolute atomic E-state index is 0.0463. The Morgan fingerprint density at radius 1 is 1.06 bits per heavy atom. The maximum Gasteiger partial charge on any atom is 0.341 e. The number of fused-ring (bicyclic) bond motifs is 1. The van der Waals surface area contributed by atoms with Crippen LogP contribution in [0.1, 0.15) is 30.0 Å². The van der Waals surface area contributed by atoms with E-state index in [9.17, 15) is 13.2 Å². The number of hydrogen-bond donors (Lipinski definition) is 2. The van der Waals surface area contributed by atoms with Gasteiger partial charge < -0.3 is 14.6 Å². The molecule has 0 amide bonds. The summed E-state index contributed by atoms with van der Waals surface area (Å²) in [5.74, 6) is 0.421. The van der Waals surface area contributed by atoms with Crippen LogP contribution in [-0.4, -0.2) is 26.1 Å². The number of sulfonamides is 1. The molecular weight excluding hydrogens is 466 g/mol. The number of ether oxygens (including phenoxy) is 2. The fourth-order valence-electron chi connectivity index (χ4n) is 3.85. The molecule has 1 atom stereocenters. The number of halogens is 1. The van der Waals surface area contributed by atoms with E-state index in [1.165, 1.54) is 12.1 Å². The fraction of sp³-hybridized carbons (Fsp3) is 0.208. The van der Waals surface area contributed by atoms with E-state index in [0.29, 0.717) is 30.1 Å². The first kappa shape index (κ1) is 23.1. The highest BCUT2D eigenvalue weighted by Gasteiger charge is 2.29. The molecule has 0 saturated heterocycles. The molecular formula is C24H22ClNO6S. The summed E-state index contributed by atoms with van der Waals surface area (Å²) in [5, 5.41) is 8.95. The average molecular weight is 488 g/mol. The van der Waals surface area contributed by atoms with Gasteiger partial charge in [0.2, 0.25) is 10.0 Å². The van der Waals surface area contributed by atoms with E-state index < -0.39 is 28.6 Å². The summed E-state index contributed by atoms with van der Waals surface area (Å²) >= 11 is 6.32. The molecule has 0 saturated carbocycles. The molecule has 1 unspecified atom stereocenters. The van der Waals surface area contributed by atoms with Crippen molar-refractivity contribution in [3.8, 4) is 17.2 Å². The van der Waals surface area contributed by atoms with Gasteiger partial charge in [-0.1, -0.05) is 41.9 Å². The molecule has 3 aromatic rings. The summed E-state index contributed by atoms with van der Waals surface area (Å²) in [5.41, 5.74) is 1.59. The van der Waals surface area contributed by atoms with Crippen molar-refractivity contribution < 1.29 is 27.8 Å². The molecule has 0 aromatic heterocycles. The Morgan fingerprint density at radius 3 is 2.58 bits per heavy atom. The lowest BCUT2D eigenvalue weighted by atomic mass is 9.87. The topological polar surface area (TPSA) is 102 Å². The first-order chi connectivity index (χ1) is 15.8. The lowest BCUT2D eigenvalue weighted by Crippen LogP contribution is -2.31. The van der Waals surface area contributed by atoms with Crippen LogP contribution in [0.4, 0.5) is 0 Å². The van der Waals surface area contributed by atoms with Crippen molar-refractivity contribution in [2.24, 2.45) is 0 Å². The summed E-state index contributed by atoms with van der Waals surface area (Å²) in [6.45, 7) is -0.458. The third kappa shape index (κ3) is 5.47. The standard InChI is InChI=1S/C24H22ClNO6S/c25-20-14-17(32-16-6-2-1-3-7-16)12-13-23(20)33(29,30)26-21-10-4-9-19-18(21)8-5-11-22(19)31-15-24(27)28/h1-3,5-8,11-14,21,26H,4,9-10,15H2,(H,27,28). The monoisotopic (exact) mass is 487 g/mol. The molecule has 2 N–H and O–H groups in total.